The summed E-state index contributed by atoms with van der Waals surface area (Å²) >= 11 is 0. The lowest BCUT2D eigenvalue weighted by Gasteiger charge is -2.15. The summed E-state index contributed by atoms with van der Waals surface area (Å²) < 4.78 is 0. The molecule has 5 heteroatoms. The van der Waals surface area contributed by atoms with Gasteiger partial charge in [0.25, 0.3) is 0 Å². The van der Waals surface area contributed by atoms with Crippen molar-refractivity contribution in [1.29, 1.82) is 0 Å². The molecule has 5 nitrogen and oxygen atoms in total. The Morgan fingerprint density at radius 1 is 1.30 bits per heavy atom. The van der Waals surface area contributed by atoms with Crippen LogP contribution < -0.4 is 10.6 Å². The second kappa shape index (κ2) is 8.74. The highest BCUT2D eigenvalue weighted by Crippen LogP contribution is 2.05. The third-order valence-electron chi connectivity index (χ3n) is 2.80. The zero-order valence-electron chi connectivity index (χ0n) is 11.3. The predicted molar refractivity (Wildman–Crippen MR) is 77.5 cm³/mol. The fraction of sp³-hybridized carbons (Fsp3) is 0.333. The lowest BCUT2D eigenvalue weighted by molar-refractivity contribution is -0.139. The average molecular weight is 276 g/mol. The van der Waals surface area contributed by atoms with Crippen LogP contribution in [0.15, 0.2) is 43.0 Å². The van der Waals surface area contributed by atoms with Crippen molar-refractivity contribution in [2.45, 2.75) is 25.3 Å². The number of aliphatic carboxylic acids is 1. The Morgan fingerprint density at radius 2 is 2.00 bits per heavy atom. The van der Waals surface area contributed by atoms with Crippen LogP contribution in [0.5, 0.6) is 0 Å². The number of amides is 2. The van der Waals surface area contributed by atoms with Crippen LogP contribution in [0.3, 0.4) is 0 Å². The van der Waals surface area contributed by atoms with Gasteiger partial charge in [0.05, 0.1) is 0 Å². The van der Waals surface area contributed by atoms with E-state index in [9.17, 15) is 9.59 Å². The highest BCUT2D eigenvalue weighted by atomic mass is 16.4. The molecule has 1 aromatic carbocycles. The van der Waals surface area contributed by atoms with Crippen LogP contribution in [-0.4, -0.2) is 29.7 Å². The molecule has 3 N–H and O–H groups in total. The van der Waals surface area contributed by atoms with Gasteiger partial charge in [-0.05, 0) is 24.8 Å². The van der Waals surface area contributed by atoms with Crippen molar-refractivity contribution in [2.24, 2.45) is 0 Å². The Balaban J connectivity index is 2.42. The van der Waals surface area contributed by atoms with Gasteiger partial charge in [-0.2, -0.15) is 0 Å². The van der Waals surface area contributed by atoms with E-state index >= 15 is 0 Å². The van der Waals surface area contributed by atoms with Crippen molar-refractivity contribution in [1.82, 2.24) is 10.6 Å². The third-order valence-corrected chi connectivity index (χ3v) is 2.80. The van der Waals surface area contributed by atoms with Gasteiger partial charge in [-0.1, -0.05) is 36.4 Å². The van der Waals surface area contributed by atoms with Crippen molar-refractivity contribution in [3.05, 3.63) is 48.6 Å². The smallest absolute Gasteiger partial charge is 0.326 e. The summed E-state index contributed by atoms with van der Waals surface area (Å²) in [6, 6.07) is 8.22. The fourth-order valence-corrected chi connectivity index (χ4v) is 1.71. The van der Waals surface area contributed by atoms with E-state index in [1.165, 1.54) is 0 Å². The van der Waals surface area contributed by atoms with E-state index in [1.54, 1.807) is 6.08 Å². The van der Waals surface area contributed by atoms with Crippen molar-refractivity contribution < 1.29 is 14.7 Å². The molecule has 0 heterocycles. The largest absolute Gasteiger partial charge is 0.480 e. The maximum atomic E-state index is 11.5. The summed E-state index contributed by atoms with van der Waals surface area (Å²) in [5.41, 5.74) is 1.05. The minimum absolute atomic E-state index is 0.355. The monoisotopic (exact) mass is 276 g/mol. The number of rotatable bonds is 8. The number of urea groups is 1. The zero-order chi connectivity index (χ0) is 14.8. The highest BCUT2D eigenvalue weighted by Gasteiger charge is 2.19. The molecule has 0 fully saturated rings. The quantitative estimate of drug-likeness (QED) is 0.501. The molecule has 20 heavy (non-hydrogen) atoms. The average Bonchev–Trinajstić information content (AvgIpc) is 2.44. The number of carboxylic acid groups (broad SMARTS) is 1. The molecule has 1 atom stereocenters. The predicted octanol–water partition coefficient (Wildman–Crippen LogP) is 1.95. The second-order valence-electron chi connectivity index (χ2n) is 4.39. The minimum atomic E-state index is -1.03. The second-order valence-corrected chi connectivity index (χ2v) is 4.39. The SMILES string of the molecule is C=CCCNC(=O)N[C@@H](CCc1ccccc1)C(=O)O. The molecule has 1 rings (SSSR count). The van der Waals surface area contributed by atoms with Crippen LogP contribution in [-0.2, 0) is 11.2 Å². The summed E-state index contributed by atoms with van der Waals surface area (Å²) in [6.07, 6.45) is 3.29. The van der Waals surface area contributed by atoms with Crippen LogP contribution >= 0.6 is 0 Å². The summed E-state index contributed by atoms with van der Waals surface area (Å²) in [5.74, 6) is -1.03. The van der Waals surface area contributed by atoms with E-state index in [2.05, 4.69) is 17.2 Å². The standard InChI is InChI=1S/C15H20N2O3/c1-2-3-11-16-15(20)17-13(14(18)19)10-9-12-7-5-4-6-8-12/h2,4-8,13H,1,3,9-11H2,(H,18,19)(H2,16,17,20)/t13-/m0/s1. The highest BCUT2D eigenvalue weighted by molar-refractivity contribution is 5.82. The Kier molecular flexibility index (Phi) is 6.89. The molecule has 0 spiro atoms. The molecule has 0 aliphatic heterocycles. The first kappa shape index (κ1) is 15.8. The number of benzene rings is 1. The van der Waals surface area contributed by atoms with Crippen molar-refractivity contribution >= 4 is 12.0 Å². The van der Waals surface area contributed by atoms with Gasteiger partial charge in [0.15, 0.2) is 0 Å². The molecule has 0 radical (unpaired) electrons. The van der Waals surface area contributed by atoms with Crippen LogP contribution in [0.2, 0.25) is 0 Å². The Bertz CT molecular complexity index is 446. The summed E-state index contributed by atoms with van der Waals surface area (Å²) in [4.78, 5) is 22.7. The Labute approximate surface area is 118 Å². The normalized spacial score (nSPS) is 11.4. The van der Waals surface area contributed by atoms with Gasteiger partial charge in [-0.3, -0.25) is 0 Å². The molecule has 2 amide bonds. The Hall–Kier alpha value is -2.30. The van der Waals surface area contributed by atoms with Crippen molar-refractivity contribution in [2.75, 3.05) is 6.54 Å². The first-order chi connectivity index (χ1) is 9.63. The van der Waals surface area contributed by atoms with Gasteiger partial charge in [-0.15, -0.1) is 6.58 Å². The van der Waals surface area contributed by atoms with Gasteiger partial charge < -0.3 is 15.7 Å². The van der Waals surface area contributed by atoms with Gasteiger partial charge in [-0.25, -0.2) is 9.59 Å². The molecular formula is C15H20N2O3. The number of carbonyl (C=O) groups is 2. The van der Waals surface area contributed by atoms with Crippen LogP contribution in [0.1, 0.15) is 18.4 Å². The van der Waals surface area contributed by atoms with Crippen LogP contribution in [0.4, 0.5) is 4.79 Å². The number of aryl methyl sites for hydroxylation is 1. The molecule has 108 valence electrons. The van der Waals surface area contributed by atoms with E-state index in [-0.39, 0.29) is 0 Å². The minimum Gasteiger partial charge on any atom is -0.480 e. The first-order valence-corrected chi connectivity index (χ1v) is 6.55. The van der Waals surface area contributed by atoms with E-state index < -0.39 is 18.0 Å². The lowest BCUT2D eigenvalue weighted by Crippen LogP contribution is -2.46. The summed E-state index contributed by atoms with van der Waals surface area (Å²) in [5, 5.41) is 14.2. The van der Waals surface area contributed by atoms with E-state index in [0.717, 1.165) is 5.56 Å². The molecule has 0 saturated carbocycles. The van der Waals surface area contributed by atoms with E-state index in [4.69, 9.17) is 5.11 Å². The number of hydrogen-bond donors (Lipinski definition) is 3. The molecule has 0 aliphatic carbocycles. The zero-order valence-corrected chi connectivity index (χ0v) is 11.3. The number of carboxylic acids is 1. The maximum absolute atomic E-state index is 11.5. The van der Waals surface area contributed by atoms with E-state index in [0.29, 0.717) is 25.8 Å². The summed E-state index contributed by atoms with van der Waals surface area (Å²) in [6.45, 7) is 3.99. The van der Waals surface area contributed by atoms with Gasteiger partial charge in [0.2, 0.25) is 0 Å². The maximum Gasteiger partial charge on any atom is 0.326 e. The van der Waals surface area contributed by atoms with Crippen molar-refractivity contribution in [3.8, 4) is 0 Å². The molecule has 1 aromatic rings. The Morgan fingerprint density at radius 3 is 2.60 bits per heavy atom. The van der Waals surface area contributed by atoms with Gasteiger partial charge in [0, 0.05) is 6.54 Å². The number of hydrogen-bond acceptors (Lipinski definition) is 2. The molecule has 0 aromatic heterocycles. The number of nitrogens with one attached hydrogen (secondary N) is 2. The van der Waals surface area contributed by atoms with Crippen LogP contribution in [0.25, 0.3) is 0 Å². The molecule has 0 saturated heterocycles. The van der Waals surface area contributed by atoms with Crippen LogP contribution in [0, 0.1) is 0 Å². The van der Waals surface area contributed by atoms with Gasteiger partial charge >= 0.3 is 12.0 Å². The third kappa shape index (κ3) is 6.04. The number of carbonyl (C=O) groups excluding carboxylic acids is 1. The van der Waals surface area contributed by atoms with Crippen molar-refractivity contribution in [3.63, 3.8) is 0 Å². The molecular weight excluding hydrogens is 256 g/mol. The molecule has 0 unspecified atom stereocenters. The molecule has 0 bridgehead atoms. The van der Waals surface area contributed by atoms with Gasteiger partial charge in [0.1, 0.15) is 6.04 Å². The van der Waals surface area contributed by atoms with E-state index in [1.807, 2.05) is 30.3 Å². The first-order valence-electron chi connectivity index (χ1n) is 6.55. The lowest BCUT2D eigenvalue weighted by atomic mass is 10.1. The molecule has 0 aliphatic rings. The fourth-order valence-electron chi connectivity index (χ4n) is 1.71. The summed E-state index contributed by atoms with van der Waals surface area (Å²) in [7, 11) is 0. The topological polar surface area (TPSA) is 78.4 Å².